The van der Waals surface area contributed by atoms with Gasteiger partial charge in [0.25, 0.3) is 5.91 Å². The first kappa shape index (κ1) is 12.4. The quantitative estimate of drug-likeness (QED) is 0.769. The maximum absolute atomic E-state index is 11.8. The molecule has 1 amide bonds. The van der Waals surface area contributed by atoms with Crippen LogP contribution in [0.3, 0.4) is 0 Å². The molecule has 7 nitrogen and oxygen atoms in total. The molecule has 0 aromatic carbocycles. The molecular weight excluding hydrogens is 212 g/mol. The first-order valence-corrected chi connectivity index (χ1v) is 4.88. The van der Waals surface area contributed by atoms with Crippen molar-refractivity contribution in [3.05, 3.63) is 0 Å². The Hall–Kier alpha value is -1.63. The van der Waals surface area contributed by atoms with Gasteiger partial charge in [0.05, 0.1) is 7.11 Å². The lowest BCUT2D eigenvalue weighted by molar-refractivity contribution is -0.136. The summed E-state index contributed by atoms with van der Waals surface area (Å²) < 4.78 is 9.93. The fourth-order valence-electron chi connectivity index (χ4n) is 1.03. The molecule has 0 aliphatic rings. The van der Waals surface area contributed by atoms with Crippen molar-refractivity contribution in [2.75, 3.05) is 19.5 Å². The van der Waals surface area contributed by atoms with Crippen LogP contribution in [0.4, 0.5) is 5.95 Å². The number of aromatic nitrogens is 3. The largest absolute Gasteiger partial charge is 0.466 e. The van der Waals surface area contributed by atoms with E-state index in [0.717, 1.165) is 0 Å². The van der Waals surface area contributed by atoms with Crippen LogP contribution in [-0.2, 0) is 9.53 Å². The molecule has 0 saturated heterocycles. The van der Waals surface area contributed by atoms with E-state index < -0.39 is 5.60 Å². The topological polar surface area (TPSA) is 89.1 Å². The minimum absolute atomic E-state index is 0.172. The van der Waals surface area contributed by atoms with Gasteiger partial charge in [0, 0.05) is 7.11 Å². The maximum Gasteiger partial charge on any atom is 0.336 e. The molecule has 90 valence electrons. The van der Waals surface area contributed by atoms with Crippen molar-refractivity contribution in [2.24, 2.45) is 0 Å². The van der Waals surface area contributed by atoms with E-state index in [1.54, 1.807) is 6.92 Å². The second-order valence-corrected chi connectivity index (χ2v) is 3.41. The van der Waals surface area contributed by atoms with Gasteiger partial charge in [0.1, 0.15) is 5.60 Å². The van der Waals surface area contributed by atoms with E-state index >= 15 is 0 Å². The zero-order valence-corrected chi connectivity index (χ0v) is 9.83. The predicted molar refractivity (Wildman–Crippen MR) is 57.3 cm³/mol. The van der Waals surface area contributed by atoms with Crippen molar-refractivity contribution in [1.82, 2.24) is 15.2 Å². The second kappa shape index (κ2) is 4.93. The van der Waals surface area contributed by atoms with Crippen LogP contribution in [0.15, 0.2) is 0 Å². The van der Waals surface area contributed by atoms with Crippen molar-refractivity contribution < 1.29 is 14.3 Å². The van der Waals surface area contributed by atoms with E-state index in [1.807, 2.05) is 6.92 Å². The van der Waals surface area contributed by atoms with Crippen molar-refractivity contribution in [2.45, 2.75) is 25.9 Å². The van der Waals surface area contributed by atoms with E-state index in [4.69, 9.17) is 9.47 Å². The number of nitrogens with zero attached hydrogens (tertiary/aromatic N) is 2. The zero-order chi connectivity index (χ0) is 12.2. The van der Waals surface area contributed by atoms with Crippen LogP contribution in [0.25, 0.3) is 0 Å². The van der Waals surface area contributed by atoms with E-state index in [2.05, 4.69) is 20.5 Å². The van der Waals surface area contributed by atoms with Crippen LogP contribution in [0, 0.1) is 0 Å². The average molecular weight is 228 g/mol. The van der Waals surface area contributed by atoms with Gasteiger partial charge in [-0.25, -0.2) is 5.10 Å². The number of carbonyl (C=O) groups is 1. The van der Waals surface area contributed by atoms with E-state index in [9.17, 15) is 4.79 Å². The number of hydrogen-bond acceptors (Lipinski definition) is 5. The number of ether oxygens (including phenoxy) is 2. The fraction of sp³-hybridized carbons (Fsp3) is 0.667. The maximum atomic E-state index is 11.8. The molecule has 1 aromatic rings. The third-order valence-corrected chi connectivity index (χ3v) is 2.48. The Morgan fingerprint density at radius 3 is 2.69 bits per heavy atom. The summed E-state index contributed by atoms with van der Waals surface area (Å²) in [4.78, 5) is 15.7. The normalized spacial score (nSPS) is 14.2. The highest BCUT2D eigenvalue weighted by atomic mass is 16.5. The van der Waals surface area contributed by atoms with E-state index in [-0.39, 0.29) is 17.9 Å². The molecule has 0 spiro atoms. The first-order valence-electron chi connectivity index (χ1n) is 4.88. The SMILES string of the molecule is CCC(C)(OC)C(=O)Nc1nc(OC)n[nH]1. The van der Waals surface area contributed by atoms with E-state index in [1.165, 1.54) is 14.2 Å². The Labute approximate surface area is 93.5 Å². The zero-order valence-electron chi connectivity index (χ0n) is 9.83. The lowest BCUT2D eigenvalue weighted by Crippen LogP contribution is -2.41. The lowest BCUT2D eigenvalue weighted by Gasteiger charge is -2.24. The van der Waals surface area contributed by atoms with Gasteiger partial charge >= 0.3 is 6.01 Å². The Kier molecular flexibility index (Phi) is 3.83. The highest BCUT2D eigenvalue weighted by Gasteiger charge is 2.31. The minimum atomic E-state index is -0.875. The van der Waals surface area contributed by atoms with Crippen LogP contribution in [-0.4, -0.2) is 40.9 Å². The molecule has 1 unspecified atom stereocenters. The van der Waals surface area contributed by atoms with Crippen LogP contribution >= 0.6 is 0 Å². The molecule has 1 rings (SSSR count). The van der Waals surface area contributed by atoms with Crippen molar-refractivity contribution in [3.63, 3.8) is 0 Å². The van der Waals surface area contributed by atoms with Crippen LogP contribution in [0.5, 0.6) is 6.01 Å². The fourth-order valence-corrected chi connectivity index (χ4v) is 1.03. The monoisotopic (exact) mass is 228 g/mol. The van der Waals surface area contributed by atoms with Gasteiger partial charge in [-0.05, 0) is 13.3 Å². The molecule has 1 aromatic heterocycles. The number of rotatable bonds is 5. The summed E-state index contributed by atoms with van der Waals surface area (Å²) in [5, 5.41) is 8.81. The smallest absolute Gasteiger partial charge is 0.336 e. The number of aromatic amines is 1. The minimum Gasteiger partial charge on any atom is -0.466 e. The van der Waals surface area contributed by atoms with Gasteiger partial charge in [0.2, 0.25) is 5.95 Å². The molecule has 0 radical (unpaired) electrons. The molecule has 0 aliphatic carbocycles. The number of hydrogen-bond donors (Lipinski definition) is 2. The van der Waals surface area contributed by atoms with Gasteiger partial charge in [0.15, 0.2) is 0 Å². The number of amides is 1. The van der Waals surface area contributed by atoms with Crippen LogP contribution < -0.4 is 10.1 Å². The van der Waals surface area contributed by atoms with Crippen LogP contribution in [0.2, 0.25) is 0 Å². The molecular formula is C9H16N4O3. The Balaban J connectivity index is 2.70. The second-order valence-electron chi connectivity index (χ2n) is 3.41. The molecule has 0 saturated carbocycles. The number of nitrogens with one attached hydrogen (secondary N) is 2. The van der Waals surface area contributed by atoms with Gasteiger partial charge in [-0.2, -0.15) is 4.98 Å². The molecule has 0 fully saturated rings. The highest BCUT2D eigenvalue weighted by molar-refractivity contribution is 5.95. The average Bonchev–Trinajstić information content (AvgIpc) is 2.75. The molecule has 2 N–H and O–H groups in total. The summed E-state index contributed by atoms with van der Waals surface area (Å²) in [6.45, 7) is 3.57. The molecule has 16 heavy (non-hydrogen) atoms. The summed E-state index contributed by atoms with van der Waals surface area (Å²) in [6, 6.07) is 0.172. The van der Waals surface area contributed by atoms with Crippen molar-refractivity contribution in [1.29, 1.82) is 0 Å². The summed E-state index contributed by atoms with van der Waals surface area (Å²) in [5.41, 5.74) is -0.875. The number of H-pyrrole nitrogens is 1. The molecule has 0 bridgehead atoms. The first-order chi connectivity index (χ1) is 7.55. The molecule has 0 aliphatic heterocycles. The predicted octanol–water partition coefficient (Wildman–Crippen LogP) is 0.567. The third-order valence-electron chi connectivity index (χ3n) is 2.48. The summed E-state index contributed by atoms with van der Waals surface area (Å²) in [6.07, 6.45) is 0.556. The number of methoxy groups -OCH3 is 2. The van der Waals surface area contributed by atoms with Gasteiger partial charge in [-0.1, -0.05) is 6.92 Å². The van der Waals surface area contributed by atoms with E-state index in [0.29, 0.717) is 6.42 Å². The molecule has 1 heterocycles. The third kappa shape index (κ3) is 2.48. The standard InChI is InChI=1S/C9H16N4O3/c1-5-9(2,16-4)6(14)10-7-11-8(15-3)13-12-7/h5H2,1-4H3,(H2,10,11,12,13,14). The number of carbonyl (C=O) groups excluding carboxylic acids is 1. The van der Waals surface area contributed by atoms with Crippen molar-refractivity contribution >= 4 is 11.9 Å². The molecule has 7 heteroatoms. The molecule has 1 atom stereocenters. The Morgan fingerprint density at radius 2 is 2.25 bits per heavy atom. The summed E-state index contributed by atoms with van der Waals surface area (Å²) in [7, 11) is 2.93. The Morgan fingerprint density at radius 1 is 1.56 bits per heavy atom. The van der Waals surface area contributed by atoms with Gasteiger partial charge < -0.3 is 9.47 Å². The van der Waals surface area contributed by atoms with Crippen LogP contribution in [0.1, 0.15) is 20.3 Å². The summed E-state index contributed by atoms with van der Waals surface area (Å²) >= 11 is 0. The van der Waals surface area contributed by atoms with Gasteiger partial charge in [-0.3, -0.25) is 10.1 Å². The van der Waals surface area contributed by atoms with Crippen molar-refractivity contribution in [3.8, 4) is 6.01 Å². The highest BCUT2D eigenvalue weighted by Crippen LogP contribution is 2.16. The summed E-state index contributed by atoms with van der Waals surface area (Å²) in [5.74, 6) is -0.0464. The lowest BCUT2D eigenvalue weighted by atomic mass is 10.0. The Bertz CT molecular complexity index is 359. The van der Waals surface area contributed by atoms with Gasteiger partial charge in [-0.15, -0.1) is 5.10 Å². The number of anilines is 1.